The van der Waals surface area contributed by atoms with E-state index in [1.807, 2.05) is 7.05 Å². The van der Waals surface area contributed by atoms with E-state index in [1.54, 1.807) is 11.8 Å². The first kappa shape index (κ1) is 13.9. The Balaban J connectivity index is 0.000000262. The highest BCUT2D eigenvalue weighted by Gasteiger charge is 2.14. The SMILES string of the molecule is CCC(OC)C(=O)O.CN1CCCC1=O. The lowest BCUT2D eigenvalue weighted by Crippen LogP contribution is -2.20. The summed E-state index contributed by atoms with van der Waals surface area (Å²) in [6.45, 7) is 2.72. The molecule has 0 aromatic rings. The molecule has 1 atom stereocenters. The Morgan fingerprint density at radius 1 is 1.67 bits per heavy atom. The monoisotopic (exact) mass is 217 g/mol. The van der Waals surface area contributed by atoms with E-state index in [4.69, 9.17) is 5.11 Å². The average molecular weight is 217 g/mol. The lowest BCUT2D eigenvalue weighted by Gasteiger charge is -2.04. The molecular weight excluding hydrogens is 198 g/mol. The van der Waals surface area contributed by atoms with Crippen LogP contribution in [0.5, 0.6) is 0 Å². The molecule has 1 unspecified atom stereocenters. The van der Waals surface area contributed by atoms with Crippen molar-refractivity contribution in [2.24, 2.45) is 0 Å². The first-order valence-corrected chi connectivity index (χ1v) is 5.02. The van der Waals surface area contributed by atoms with E-state index in [-0.39, 0.29) is 0 Å². The number of aliphatic carboxylic acids is 1. The van der Waals surface area contributed by atoms with Gasteiger partial charge in [-0.3, -0.25) is 4.79 Å². The first-order chi connectivity index (χ1) is 7.02. The molecule has 1 aliphatic rings. The molecule has 15 heavy (non-hydrogen) atoms. The molecule has 0 spiro atoms. The summed E-state index contributed by atoms with van der Waals surface area (Å²) in [5.41, 5.74) is 0. The van der Waals surface area contributed by atoms with Crippen molar-refractivity contribution in [2.45, 2.75) is 32.3 Å². The van der Waals surface area contributed by atoms with Crippen LogP contribution in [0.15, 0.2) is 0 Å². The summed E-state index contributed by atoms with van der Waals surface area (Å²) >= 11 is 0. The van der Waals surface area contributed by atoms with Gasteiger partial charge in [0, 0.05) is 27.1 Å². The Morgan fingerprint density at radius 2 is 2.27 bits per heavy atom. The number of amides is 1. The summed E-state index contributed by atoms with van der Waals surface area (Å²) in [6.07, 6.45) is 1.70. The highest BCUT2D eigenvalue weighted by atomic mass is 16.5. The van der Waals surface area contributed by atoms with Crippen molar-refractivity contribution >= 4 is 11.9 Å². The number of carboxylic acids is 1. The number of methoxy groups -OCH3 is 1. The second-order valence-electron chi connectivity index (χ2n) is 3.39. The van der Waals surface area contributed by atoms with Gasteiger partial charge in [0.05, 0.1) is 0 Å². The molecule has 0 aliphatic carbocycles. The molecule has 1 fully saturated rings. The molecule has 1 saturated heterocycles. The Hall–Kier alpha value is -1.10. The summed E-state index contributed by atoms with van der Waals surface area (Å²) in [7, 11) is 3.23. The molecule has 0 bridgehead atoms. The van der Waals surface area contributed by atoms with Crippen molar-refractivity contribution in [1.82, 2.24) is 4.90 Å². The van der Waals surface area contributed by atoms with Crippen LogP contribution in [0.1, 0.15) is 26.2 Å². The van der Waals surface area contributed by atoms with Gasteiger partial charge in [-0.1, -0.05) is 6.92 Å². The van der Waals surface area contributed by atoms with E-state index in [0.717, 1.165) is 19.4 Å². The molecule has 1 N–H and O–H groups in total. The first-order valence-electron chi connectivity index (χ1n) is 5.02. The van der Waals surface area contributed by atoms with E-state index in [9.17, 15) is 9.59 Å². The summed E-state index contributed by atoms with van der Waals surface area (Å²) in [6, 6.07) is 0. The highest BCUT2D eigenvalue weighted by Crippen LogP contribution is 2.04. The fourth-order valence-corrected chi connectivity index (χ4v) is 1.23. The minimum absolute atomic E-state index is 0.292. The lowest BCUT2D eigenvalue weighted by molar-refractivity contribution is -0.148. The van der Waals surface area contributed by atoms with Gasteiger partial charge in [0.1, 0.15) is 0 Å². The average Bonchev–Trinajstić information content (AvgIpc) is 2.53. The van der Waals surface area contributed by atoms with Crippen molar-refractivity contribution in [2.75, 3.05) is 20.7 Å². The molecule has 88 valence electrons. The summed E-state index contributed by atoms with van der Waals surface area (Å²) < 4.78 is 4.56. The summed E-state index contributed by atoms with van der Waals surface area (Å²) in [4.78, 5) is 22.3. The number of hydrogen-bond donors (Lipinski definition) is 1. The molecule has 5 nitrogen and oxygen atoms in total. The third kappa shape index (κ3) is 5.37. The van der Waals surface area contributed by atoms with Gasteiger partial charge in [0.15, 0.2) is 6.10 Å². The summed E-state index contributed by atoms with van der Waals surface area (Å²) in [5, 5.41) is 8.25. The summed E-state index contributed by atoms with van der Waals surface area (Å²) in [5.74, 6) is -0.602. The molecule has 1 heterocycles. The van der Waals surface area contributed by atoms with Crippen molar-refractivity contribution in [3.05, 3.63) is 0 Å². The molecule has 1 aliphatic heterocycles. The quantitative estimate of drug-likeness (QED) is 0.757. The number of carbonyl (C=O) groups excluding carboxylic acids is 1. The number of rotatable bonds is 3. The van der Waals surface area contributed by atoms with Gasteiger partial charge in [0.2, 0.25) is 5.91 Å². The maximum absolute atomic E-state index is 10.5. The van der Waals surface area contributed by atoms with Gasteiger partial charge in [-0.25, -0.2) is 4.79 Å². The highest BCUT2D eigenvalue weighted by molar-refractivity contribution is 5.77. The zero-order valence-corrected chi connectivity index (χ0v) is 9.52. The molecule has 0 aromatic carbocycles. The molecule has 0 saturated carbocycles. The molecular formula is C10H19NO4. The fraction of sp³-hybridized carbons (Fsp3) is 0.800. The van der Waals surface area contributed by atoms with Crippen LogP contribution in [-0.2, 0) is 14.3 Å². The maximum atomic E-state index is 10.5. The lowest BCUT2D eigenvalue weighted by atomic mass is 10.3. The van der Waals surface area contributed by atoms with Gasteiger partial charge in [-0.2, -0.15) is 0 Å². The van der Waals surface area contributed by atoms with Gasteiger partial charge >= 0.3 is 5.97 Å². The second kappa shape index (κ2) is 7.23. The van der Waals surface area contributed by atoms with Crippen molar-refractivity contribution < 1.29 is 19.4 Å². The number of nitrogens with zero attached hydrogens (tertiary/aromatic N) is 1. The van der Waals surface area contributed by atoms with Crippen molar-refractivity contribution in [1.29, 1.82) is 0 Å². The zero-order valence-electron chi connectivity index (χ0n) is 9.52. The van der Waals surface area contributed by atoms with Crippen LogP contribution in [0.25, 0.3) is 0 Å². The van der Waals surface area contributed by atoms with Crippen molar-refractivity contribution in [3.8, 4) is 0 Å². The minimum atomic E-state index is -0.894. The minimum Gasteiger partial charge on any atom is -0.479 e. The number of ether oxygens (including phenoxy) is 1. The fourth-order valence-electron chi connectivity index (χ4n) is 1.23. The Labute approximate surface area is 90.0 Å². The number of hydrogen-bond acceptors (Lipinski definition) is 3. The normalized spacial score (nSPS) is 17.0. The molecule has 5 heteroatoms. The predicted molar refractivity (Wildman–Crippen MR) is 55.6 cm³/mol. The van der Waals surface area contributed by atoms with Crippen LogP contribution < -0.4 is 0 Å². The van der Waals surface area contributed by atoms with Crippen molar-refractivity contribution in [3.63, 3.8) is 0 Å². The number of carboxylic acid groups (broad SMARTS) is 1. The van der Waals surface area contributed by atoms with Crippen LogP contribution in [0.2, 0.25) is 0 Å². The Morgan fingerprint density at radius 3 is 2.33 bits per heavy atom. The predicted octanol–water partition coefficient (Wildman–Crippen LogP) is 0.735. The smallest absolute Gasteiger partial charge is 0.332 e. The van der Waals surface area contributed by atoms with Crippen LogP contribution in [0.4, 0.5) is 0 Å². The van der Waals surface area contributed by atoms with E-state index < -0.39 is 12.1 Å². The third-order valence-corrected chi connectivity index (χ3v) is 2.24. The van der Waals surface area contributed by atoms with Gasteiger partial charge in [-0.05, 0) is 12.8 Å². The molecule has 1 rings (SSSR count). The molecule has 0 aromatic heterocycles. The topological polar surface area (TPSA) is 66.8 Å². The van der Waals surface area contributed by atoms with E-state index in [2.05, 4.69) is 4.74 Å². The second-order valence-corrected chi connectivity index (χ2v) is 3.39. The number of carbonyl (C=O) groups is 2. The number of likely N-dealkylation sites (tertiary alicyclic amines) is 1. The van der Waals surface area contributed by atoms with Crippen LogP contribution >= 0.6 is 0 Å². The van der Waals surface area contributed by atoms with Gasteiger partial charge in [-0.15, -0.1) is 0 Å². The van der Waals surface area contributed by atoms with Gasteiger partial charge < -0.3 is 14.7 Å². The maximum Gasteiger partial charge on any atom is 0.332 e. The molecule has 1 amide bonds. The van der Waals surface area contributed by atoms with Crippen LogP contribution in [0, 0.1) is 0 Å². The van der Waals surface area contributed by atoms with Crippen LogP contribution in [-0.4, -0.2) is 48.7 Å². The Bertz CT molecular complexity index is 213. The molecule has 0 radical (unpaired) electrons. The standard InChI is InChI=1S/C5H9NO.C5H10O3/c1-6-4-2-3-5(6)7;1-3-4(8-2)5(6)7/h2-4H2,1H3;4H,3H2,1-2H3,(H,6,7). The van der Waals surface area contributed by atoms with Gasteiger partial charge in [0.25, 0.3) is 0 Å². The zero-order chi connectivity index (χ0) is 11.8. The van der Waals surface area contributed by atoms with E-state index in [0.29, 0.717) is 12.3 Å². The third-order valence-electron chi connectivity index (χ3n) is 2.24. The van der Waals surface area contributed by atoms with E-state index in [1.165, 1.54) is 7.11 Å². The Kier molecular flexibility index (Phi) is 6.70. The largest absolute Gasteiger partial charge is 0.479 e. The van der Waals surface area contributed by atoms with Crippen LogP contribution in [0.3, 0.4) is 0 Å². The van der Waals surface area contributed by atoms with E-state index >= 15 is 0 Å².